The highest BCUT2D eigenvalue weighted by Crippen LogP contribution is 2.62. The van der Waals surface area contributed by atoms with E-state index in [4.69, 9.17) is 0 Å². The standard InChI is InChI=1S/C37H32N2/c1-5-13-29(14-6-1)37(30-15-7-2-8-16-30)38(31-17-9-3-10-18-31)35-25-33-27-21-23-28(24-22-27)34(33)26-36(35)39(37)32-19-11-4-12-20-32/h1-20,25-28H,21-24H2. The third-order valence-corrected chi connectivity index (χ3v) is 9.30. The van der Waals surface area contributed by atoms with E-state index in [-0.39, 0.29) is 0 Å². The molecule has 1 aliphatic heterocycles. The normalized spacial score (nSPS) is 20.5. The molecule has 1 saturated carbocycles. The van der Waals surface area contributed by atoms with E-state index in [9.17, 15) is 0 Å². The van der Waals surface area contributed by atoms with E-state index in [1.807, 2.05) is 0 Å². The van der Waals surface area contributed by atoms with Gasteiger partial charge < -0.3 is 9.80 Å². The van der Waals surface area contributed by atoms with Crippen molar-refractivity contribution in [2.45, 2.75) is 43.2 Å². The quantitative estimate of drug-likeness (QED) is 0.240. The van der Waals surface area contributed by atoms with Gasteiger partial charge in [-0.1, -0.05) is 97.1 Å². The number of nitrogens with zero attached hydrogens (tertiary/aromatic N) is 2. The van der Waals surface area contributed by atoms with Gasteiger partial charge in [0.1, 0.15) is 0 Å². The lowest BCUT2D eigenvalue weighted by Crippen LogP contribution is -2.51. The summed E-state index contributed by atoms with van der Waals surface area (Å²) in [5.41, 5.74) is 10.1. The molecule has 3 aliphatic carbocycles. The second-order valence-corrected chi connectivity index (χ2v) is 11.3. The lowest BCUT2D eigenvalue weighted by Gasteiger charge is -2.47. The number of fused-ring (bicyclic) bond motifs is 3. The van der Waals surface area contributed by atoms with Crippen LogP contribution in [0.25, 0.3) is 0 Å². The van der Waals surface area contributed by atoms with Crippen LogP contribution in [0.15, 0.2) is 133 Å². The molecular formula is C37H32N2. The van der Waals surface area contributed by atoms with Gasteiger partial charge in [-0.2, -0.15) is 0 Å². The Morgan fingerprint density at radius 1 is 0.436 bits per heavy atom. The van der Waals surface area contributed by atoms with Crippen LogP contribution in [0.4, 0.5) is 22.7 Å². The third-order valence-electron chi connectivity index (χ3n) is 9.30. The average molecular weight is 505 g/mol. The molecule has 0 radical (unpaired) electrons. The van der Waals surface area contributed by atoms with Crippen LogP contribution in [-0.4, -0.2) is 0 Å². The Morgan fingerprint density at radius 2 is 0.769 bits per heavy atom. The van der Waals surface area contributed by atoms with E-state index in [0.29, 0.717) is 11.8 Å². The smallest absolute Gasteiger partial charge is 0.175 e. The zero-order valence-corrected chi connectivity index (χ0v) is 22.1. The Bertz CT molecular complexity index is 1480. The minimum Gasteiger partial charge on any atom is -0.308 e. The maximum Gasteiger partial charge on any atom is 0.175 e. The first kappa shape index (κ1) is 22.7. The summed E-state index contributed by atoms with van der Waals surface area (Å²) in [5.74, 6) is 1.36. The molecule has 0 unspecified atom stereocenters. The second-order valence-electron chi connectivity index (χ2n) is 11.3. The summed E-state index contributed by atoms with van der Waals surface area (Å²) in [7, 11) is 0. The topological polar surface area (TPSA) is 6.48 Å². The highest BCUT2D eigenvalue weighted by molar-refractivity contribution is 5.94. The van der Waals surface area contributed by atoms with Gasteiger partial charge in [-0.15, -0.1) is 0 Å². The summed E-state index contributed by atoms with van der Waals surface area (Å²) < 4.78 is 0. The van der Waals surface area contributed by atoms with E-state index in [1.165, 1.54) is 59.6 Å². The van der Waals surface area contributed by atoms with E-state index < -0.39 is 5.66 Å². The van der Waals surface area contributed by atoms with Crippen molar-refractivity contribution in [1.29, 1.82) is 0 Å². The van der Waals surface area contributed by atoms with Crippen LogP contribution in [0.2, 0.25) is 0 Å². The summed E-state index contributed by atoms with van der Waals surface area (Å²) >= 11 is 0. The fraction of sp³-hybridized carbons (Fsp3) is 0.189. The Balaban J connectivity index is 1.53. The van der Waals surface area contributed by atoms with Gasteiger partial charge in [0.2, 0.25) is 0 Å². The van der Waals surface area contributed by atoms with Gasteiger partial charge in [0.15, 0.2) is 5.66 Å². The fourth-order valence-electron chi connectivity index (χ4n) is 7.67. The first-order valence-corrected chi connectivity index (χ1v) is 14.3. The predicted octanol–water partition coefficient (Wildman–Crippen LogP) is 9.63. The second kappa shape index (κ2) is 8.88. The highest BCUT2D eigenvalue weighted by Gasteiger charge is 2.54. The van der Waals surface area contributed by atoms with Crippen LogP contribution in [0.3, 0.4) is 0 Å². The lowest BCUT2D eigenvalue weighted by atomic mass is 9.67. The van der Waals surface area contributed by atoms with Crippen molar-refractivity contribution in [3.05, 3.63) is 156 Å². The number of benzene rings is 5. The predicted molar refractivity (Wildman–Crippen MR) is 161 cm³/mol. The van der Waals surface area contributed by atoms with Crippen molar-refractivity contribution in [1.82, 2.24) is 0 Å². The lowest BCUT2D eigenvalue weighted by molar-refractivity contribution is 0.359. The summed E-state index contributed by atoms with van der Waals surface area (Å²) in [5, 5.41) is 0. The van der Waals surface area contributed by atoms with Crippen molar-refractivity contribution in [2.24, 2.45) is 0 Å². The van der Waals surface area contributed by atoms with Crippen LogP contribution in [0, 0.1) is 0 Å². The van der Waals surface area contributed by atoms with Crippen molar-refractivity contribution < 1.29 is 0 Å². The van der Waals surface area contributed by atoms with E-state index in [0.717, 1.165) is 0 Å². The first-order chi connectivity index (χ1) is 19.4. The van der Waals surface area contributed by atoms with Gasteiger partial charge >= 0.3 is 0 Å². The molecule has 2 heteroatoms. The first-order valence-electron chi connectivity index (χ1n) is 14.3. The molecule has 1 fully saturated rings. The molecule has 2 nitrogen and oxygen atoms in total. The number of anilines is 4. The van der Waals surface area contributed by atoms with Crippen molar-refractivity contribution in [2.75, 3.05) is 9.80 Å². The molecule has 5 aromatic rings. The van der Waals surface area contributed by atoms with Gasteiger partial charge in [-0.05, 0) is 85.0 Å². The zero-order chi connectivity index (χ0) is 25.8. The minimum absolute atomic E-state index is 0.601. The molecule has 0 spiro atoms. The molecule has 0 aromatic heterocycles. The maximum absolute atomic E-state index is 2.61. The van der Waals surface area contributed by atoms with E-state index >= 15 is 0 Å². The van der Waals surface area contributed by atoms with Crippen molar-refractivity contribution in [3.63, 3.8) is 0 Å². The van der Waals surface area contributed by atoms with Gasteiger partial charge in [0.05, 0.1) is 11.4 Å². The summed E-state index contributed by atoms with van der Waals surface area (Å²) in [6, 6.07) is 49.3. The molecule has 39 heavy (non-hydrogen) atoms. The van der Waals surface area contributed by atoms with Gasteiger partial charge in [0.25, 0.3) is 0 Å². The monoisotopic (exact) mass is 504 g/mol. The van der Waals surface area contributed by atoms with Crippen LogP contribution in [0.5, 0.6) is 0 Å². The largest absolute Gasteiger partial charge is 0.308 e. The van der Waals surface area contributed by atoms with Crippen molar-refractivity contribution >= 4 is 22.7 Å². The van der Waals surface area contributed by atoms with E-state index in [1.54, 1.807) is 11.1 Å². The molecule has 9 rings (SSSR count). The molecule has 2 bridgehead atoms. The molecule has 5 aromatic carbocycles. The van der Waals surface area contributed by atoms with E-state index in [2.05, 4.69) is 143 Å². The zero-order valence-electron chi connectivity index (χ0n) is 22.1. The minimum atomic E-state index is -0.601. The molecular weight excluding hydrogens is 472 g/mol. The van der Waals surface area contributed by atoms with Crippen LogP contribution < -0.4 is 9.80 Å². The maximum atomic E-state index is 2.61. The highest BCUT2D eigenvalue weighted by atomic mass is 15.5. The van der Waals surface area contributed by atoms with Crippen LogP contribution >= 0.6 is 0 Å². The van der Waals surface area contributed by atoms with Gasteiger partial charge in [-0.25, -0.2) is 0 Å². The Kier molecular flexibility index (Phi) is 5.16. The Morgan fingerprint density at radius 3 is 1.13 bits per heavy atom. The number of hydrogen-bond acceptors (Lipinski definition) is 2. The average Bonchev–Trinajstić information content (AvgIpc) is 3.33. The molecule has 0 atom stereocenters. The molecule has 0 amide bonds. The molecule has 0 saturated heterocycles. The van der Waals surface area contributed by atoms with Gasteiger partial charge in [0, 0.05) is 22.5 Å². The van der Waals surface area contributed by atoms with Crippen molar-refractivity contribution in [3.8, 4) is 0 Å². The number of rotatable bonds is 4. The fourth-order valence-corrected chi connectivity index (χ4v) is 7.67. The van der Waals surface area contributed by atoms with Crippen LogP contribution in [-0.2, 0) is 5.66 Å². The Labute approximate surface area is 231 Å². The summed E-state index contributed by atoms with van der Waals surface area (Å²) in [4.78, 5) is 5.23. The summed E-state index contributed by atoms with van der Waals surface area (Å²) in [6.07, 6.45) is 5.30. The molecule has 0 N–H and O–H groups in total. The number of para-hydroxylation sites is 2. The molecule has 1 heterocycles. The molecule has 190 valence electrons. The van der Waals surface area contributed by atoms with Gasteiger partial charge in [-0.3, -0.25) is 0 Å². The van der Waals surface area contributed by atoms with Crippen LogP contribution in [0.1, 0.15) is 59.8 Å². The SMILES string of the molecule is c1ccc(N2c3cc4c(cc3N(c3ccccc3)C2(c2ccccc2)c2ccccc2)C2CCC4CC2)cc1. The summed E-state index contributed by atoms with van der Waals surface area (Å²) in [6.45, 7) is 0. The Hall–Kier alpha value is -4.30. The number of hydrogen-bond donors (Lipinski definition) is 0. The third kappa shape index (κ3) is 3.27. The molecule has 4 aliphatic rings.